The van der Waals surface area contributed by atoms with Crippen molar-refractivity contribution in [2.45, 2.75) is 38.5 Å². The van der Waals surface area contributed by atoms with E-state index in [0.29, 0.717) is 5.88 Å². The zero-order valence-corrected chi connectivity index (χ0v) is 7.21. The minimum absolute atomic E-state index is 0.00347. The van der Waals surface area contributed by atoms with E-state index >= 15 is 0 Å². The minimum atomic E-state index is -2.19. The van der Waals surface area contributed by atoms with E-state index in [-0.39, 0.29) is 11.8 Å². The summed E-state index contributed by atoms with van der Waals surface area (Å²) in [4.78, 5) is 0. The Morgan fingerprint density at radius 3 is 2.18 bits per heavy atom. The molecule has 0 aromatic heterocycles. The van der Waals surface area contributed by atoms with Crippen molar-refractivity contribution < 1.29 is 8.78 Å². The van der Waals surface area contributed by atoms with Gasteiger partial charge in [0.05, 0.1) is 0 Å². The molecule has 1 aliphatic carbocycles. The van der Waals surface area contributed by atoms with E-state index in [2.05, 4.69) is 0 Å². The Kier molecular flexibility index (Phi) is 3.11. The Labute approximate surface area is 70.9 Å². The molecular weight excluding hydrogens is 170 g/mol. The monoisotopic (exact) mass is 182 g/mol. The molecular formula is C8H13ClF2. The van der Waals surface area contributed by atoms with E-state index in [1.54, 1.807) is 0 Å². The van der Waals surface area contributed by atoms with Gasteiger partial charge in [-0.3, -0.25) is 0 Å². The van der Waals surface area contributed by atoms with Crippen molar-refractivity contribution in [3.63, 3.8) is 0 Å². The maximum Gasteiger partial charge on any atom is 0.239 e. The van der Waals surface area contributed by atoms with Crippen molar-refractivity contribution in [1.29, 1.82) is 0 Å². The Bertz CT molecular complexity index is 119. The van der Waals surface area contributed by atoms with Gasteiger partial charge in [-0.05, 0) is 18.3 Å². The lowest BCUT2D eigenvalue weighted by Crippen LogP contribution is -2.21. The maximum absolute atomic E-state index is 12.1. The zero-order valence-electron chi connectivity index (χ0n) is 6.45. The van der Waals surface area contributed by atoms with E-state index in [1.807, 2.05) is 0 Å². The summed E-state index contributed by atoms with van der Waals surface area (Å²) in [5.41, 5.74) is -0.226. The third-order valence-electron chi connectivity index (χ3n) is 2.54. The average molecular weight is 183 g/mol. The molecule has 0 saturated heterocycles. The molecule has 1 saturated carbocycles. The number of hydrogen-bond acceptors (Lipinski definition) is 0. The van der Waals surface area contributed by atoms with Gasteiger partial charge in [-0.2, -0.15) is 0 Å². The molecule has 0 N–H and O–H groups in total. The largest absolute Gasteiger partial charge is 0.239 e. The van der Waals surface area contributed by atoms with Crippen molar-refractivity contribution in [2.24, 2.45) is 5.41 Å². The highest BCUT2D eigenvalue weighted by Gasteiger charge is 2.35. The number of alkyl halides is 3. The molecule has 0 aliphatic heterocycles. The van der Waals surface area contributed by atoms with Gasteiger partial charge in [0.2, 0.25) is 6.43 Å². The number of hydrogen-bond donors (Lipinski definition) is 0. The first kappa shape index (κ1) is 9.24. The molecule has 0 atom stereocenters. The van der Waals surface area contributed by atoms with E-state index in [0.717, 1.165) is 25.7 Å². The van der Waals surface area contributed by atoms with Crippen LogP contribution in [0.1, 0.15) is 32.1 Å². The van der Waals surface area contributed by atoms with Crippen molar-refractivity contribution in [3.05, 3.63) is 0 Å². The van der Waals surface area contributed by atoms with Crippen molar-refractivity contribution in [2.75, 3.05) is 5.88 Å². The molecule has 0 heterocycles. The van der Waals surface area contributed by atoms with Crippen LogP contribution in [-0.4, -0.2) is 12.3 Å². The highest BCUT2D eigenvalue weighted by molar-refractivity contribution is 6.18. The third-order valence-corrected chi connectivity index (χ3v) is 3.10. The normalized spacial score (nSPS) is 22.9. The smallest absolute Gasteiger partial charge is 0.211 e. The minimum Gasteiger partial charge on any atom is -0.211 e. The Balaban J connectivity index is 2.45. The van der Waals surface area contributed by atoms with Crippen LogP contribution >= 0.6 is 11.6 Å². The van der Waals surface area contributed by atoms with E-state index < -0.39 is 6.43 Å². The SMILES string of the molecule is FC(F)CC1(CCl)CCCC1. The first-order chi connectivity index (χ1) is 5.18. The van der Waals surface area contributed by atoms with E-state index in [9.17, 15) is 8.78 Å². The molecule has 66 valence electrons. The van der Waals surface area contributed by atoms with Gasteiger partial charge in [-0.15, -0.1) is 11.6 Å². The highest BCUT2D eigenvalue weighted by atomic mass is 35.5. The molecule has 0 aromatic rings. The van der Waals surface area contributed by atoms with Crippen LogP contribution in [0.5, 0.6) is 0 Å². The van der Waals surface area contributed by atoms with Crippen LogP contribution in [0.25, 0.3) is 0 Å². The number of rotatable bonds is 3. The fourth-order valence-electron chi connectivity index (χ4n) is 1.84. The summed E-state index contributed by atoms with van der Waals surface area (Å²) in [6.07, 6.45) is 1.73. The quantitative estimate of drug-likeness (QED) is 0.587. The van der Waals surface area contributed by atoms with Gasteiger partial charge in [0.15, 0.2) is 0 Å². The van der Waals surface area contributed by atoms with Gasteiger partial charge < -0.3 is 0 Å². The molecule has 1 fully saturated rings. The van der Waals surface area contributed by atoms with Gasteiger partial charge in [0.25, 0.3) is 0 Å². The molecule has 1 aliphatic rings. The predicted octanol–water partition coefficient (Wildman–Crippen LogP) is 3.44. The fourth-order valence-corrected chi connectivity index (χ4v) is 2.22. The molecule has 3 heteroatoms. The Morgan fingerprint density at radius 1 is 1.27 bits per heavy atom. The summed E-state index contributed by atoms with van der Waals surface area (Å²) >= 11 is 5.68. The summed E-state index contributed by atoms with van der Waals surface area (Å²) in [5, 5.41) is 0. The summed E-state index contributed by atoms with van der Waals surface area (Å²) in [6.45, 7) is 0. The van der Waals surface area contributed by atoms with Gasteiger partial charge >= 0.3 is 0 Å². The lowest BCUT2D eigenvalue weighted by Gasteiger charge is -2.25. The Morgan fingerprint density at radius 2 is 1.82 bits per heavy atom. The molecule has 0 aromatic carbocycles. The Hall–Kier alpha value is 0.150. The van der Waals surface area contributed by atoms with Crippen LogP contribution in [0, 0.1) is 5.41 Å². The van der Waals surface area contributed by atoms with Crippen LogP contribution in [0.2, 0.25) is 0 Å². The fraction of sp³-hybridized carbons (Fsp3) is 1.00. The first-order valence-corrected chi connectivity index (χ1v) is 4.56. The molecule has 0 spiro atoms. The maximum atomic E-state index is 12.1. The van der Waals surface area contributed by atoms with Crippen molar-refractivity contribution >= 4 is 11.6 Å². The first-order valence-electron chi connectivity index (χ1n) is 4.03. The predicted molar refractivity (Wildman–Crippen MR) is 42.2 cm³/mol. The number of halogens is 3. The molecule has 0 bridgehead atoms. The molecule has 0 amide bonds. The summed E-state index contributed by atoms with van der Waals surface area (Å²) in [5.74, 6) is 0.400. The van der Waals surface area contributed by atoms with Gasteiger partial charge in [-0.1, -0.05) is 12.8 Å². The summed E-state index contributed by atoms with van der Waals surface area (Å²) in [6, 6.07) is 0. The van der Waals surface area contributed by atoms with Gasteiger partial charge in [0.1, 0.15) is 0 Å². The lowest BCUT2D eigenvalue weighted by atomic mass is 9.85. The lowest BCUT2D eigenvalue weighted by molar-refractivity contribution is 0.0838. The van der Waals surface area contributed by atoms with Gasteiger partial charge in [-0.25, -0.2) is 8.78 Å². The molecule has 1 rings (SSSR count). The summed E-state index contributed by atoms with van der Waals surface area (Å²) < 4.78 is 24.1. The second-order valence-electron chi connectivity index (χ2n) is 3.44. The highest BCUT2D eigenvalue weighted by Crippen LogP contribution is 2.43. The molecule has 0 radical (unpaired) electrons. The zero-order chi connectivity index (χ0) is 8.32. The van der Waals surface area contributed by atoms with Gasteiger partial charge in [0, 0.05) is 12.3 Å². The van der Waals surface area contributed by atoms with Crippen LogP contribution in [0.15, 0.2) is 0 Å². The van der Waals surface area contributed by atoms with Crippen LogP contribution in [-0.2, 0) is 0 Å². The van der Waals surface area contributed by atoms with E-state index in [4.69, 9.17) is 11.6 Å². The molecule has 11 heavy (non-hydrogen) atoms. The molecule has 0 unspecified atom stereocenters. The van der Waals surface area contributed by atoms with Crippen LogP contribution in [0.4, 0.5) is 8.78 Å². The standard InChI is InChI=1S/C8H13ClF2/c9-6-8(5-7(10)11)3-1-2-4-8/h7H,1-6H2. The van der Waals surface area contributed by atoms with Crippen LogP contribution in [0.3, 0.4) is 0 Å². The van der Waals surface area contributed by atoms with Crippen molar-refractivity contribution in [1.82, 2.24) is 0 Å². The second kappa shape index (κ2) is 3.70. The topological polar surface area (TPSA) is 0 Å². The second-order valence-corrected chi connectivity index (χ2v) is 3.70. The molecule has 0 nitrogen and oxygen atoms in total. The third kappa shape index (κ3) is 2.29. The van der Waals surface area contributed by atoms with Crippen molar-refractivity contribution in [3.8, 4) is 0 Å². The van der Waals surface area contributed by atoms with E-state index in [1.165, 1.54) is 0 Å². The summed E-state index contributed by atoms with van der Waals surface area (Å²) in [7, 11) is 0. The average Bonchev–Trinajstić information content (AvgIpc) is 2.36. The van der Waals surface area contributed by atoms with Crippen LogP contribution < -0.4 is 0 Å².